The van der Waals surface area contributed by atoms with Gasteiger partial charge in [0.05, 0.1) is 5.92 Å². The maximum atomic E-state index is 11.4. The van der Waals surface area contributed by atoms with Gasteiger partial charge in [-0.3, -0.25) is 4.79 Å². The van der Waals surface area contributed by atoms with Gasteiger partial charge in [-0.1, -0.05) is 12.1 Å². The molecule has 1 aliphatic heterocycles. The molecule has 1 fully saturated rings. The van der Waals surface area contributed by atoms with Gasteiger partial charge in [0, 0.05) is 41.6 Å². The number of hydrogen-bond donors (Lipinski definition) is 2. The first kappa shape index (κ1) is 13.8. The smallest absolute Gasteiger partial charge is 0.307 e. The molecule has 2 aliphatic rings. The summed E-state index contributed by atoms with van der Waals surface area (Å²) >= 11 is 0. The van der Waals surface area contributed by atoms with Gasteiger partial charge in [-0.25, -0.2) is 0 Å². The van der Waals surface area contributed by atoms with Crippen LogP contribution in [0.15, 0.2) is 24.4 Å². The summed E-state index contributed by atoms with van der Waals surface area (Å²) in [7, 11) is 0. The molecule has 0 saturated carbocycles. The maximum Gasteiger partial charge on any atom is 0.307 e. The Kier molecular flexibility index (Phi) is 3.05. The second kappa shape index (κ2) is 4.85. The molecule has 2 aromatic rings. The van der Waals surface area contributed by atoms with Gasteiger partial charge in [-0.15, -0.1) is 0 Å². The van der Waals surface area contributed by atoms with Crippen LogP contribution in [0, 0.1) is 5.92 Å². The summed E-state index contributed by atoms with van der Waals surface area (Å²) in [5.41, 5.74) is 4.03. The van der Waals surface area contributed by atoms with E-state index in [1.54, 1.807) is 0 Å². The van der Waals surface area contributed by atoms with Crippen molar-refractivity contribution in [1.82, 2.24) is 9.88 Å². The highest BCUT2D eigenvalue weighted by Crippen LogP contribution is 2.43. The van der Waals surface area contributed by atoms with Gasteiger partial charge in [0.1, 0.15) is 0 Å². The quantitative estimate of drug-likeness (QED) is 0.896. The Morgan fingerprint density at radius 3 is 2.95 bits per heavy atom. The van der Waals surface area contributed by atoms with E-state index in [0.717, 1.165) is 12.8 Å². The van der Waals surface area contributed by atoms with Crippen LogP contribution in [0.2, 0.25) is 0 Å². The van der Waals surface area contributed by atoms with Crippen molar-refractivity contribution < 1.29 is 9.90 Å². The third kappa shape index (κ3) is 1.90. The number of carboxylic acid groups (broad SMARTS) is 1. The van der Waals surface area contributed by atoms with E-state index in [2.05, 4.69) is 48.1 Å². The zero-order chi connectivity index (χ0) is 15.4. The molecule has 22 heavy (non-hydrogen) atoms. The Labute approximate surface area is 130 Å². The van der Waals surface area contributed by atoms with Gasteiger partial charge in [-0.05, 0) is 43.9 Å². The fourth-order valence-electron chi connectivity index (χ4n) is 4.29. The summed E-state index contributed by atoms with van der Waals surface area (Å²) in [5, 5.41) is 14.2. The van der Waals surface area contributed by atoms with Crippen molar-refractivity contribution in [3.63, 3.8) is 0 Å². The highest BCUT2D eigenvalue weighted by atomic mass is 16.4. The lowest BCUT2D eigenvalue weighted by molar-refractivity contribution is -0.142. The third-order valence-electron chi connectivity index (χ3n) is 5.36. The van der Waals surface area contributed by atoms with E-state index < -0.39 is 5.97 Å². The minimum Gasteiger partial charge on any atom is -0.481 e. The topological polar surface area (TPSA) is 54.3 Å². The van der Waals surface area contributed by atoms with Crippen LogP contribution in [0.3, 0.4) is 0 Å². The molecule has 0 spiro atoms. The summed E-state index contributed by atoms with van der Waals surface area (Å²) < 4.78 is 2.35. The number of aromatic nitrogens is 1. The van der Waals surface area contributed by atoms with Crippen molar-refractivity contribution in [2.24, 2.45) is 5.92 Å². The monoisotopic (exact) mass is 298 g/mol. The van der Waals surface area contributed by atoms with E-state index in [4.69, 9.17) is 0 Å². The van der Waals surface area contributed by atoms with Crippen molar-refractivity contribution in [3.8, 4) is 0 Å². The molecule has 1 aromatic heterocycles. The van der Waals surface area contributed by atoms with E-state index in [0.29, 0.717) is 24.5 Å². The highest BCUT2D eigenvalue weighted by molar-refractivity contribution is 5.89. The Hall–Kier alpha value is -1.81. The largest absolute Gasteiger partial charge is 0.481 e. The molecular formula is C18H22N2O2. The van der Waals surface area contributed by atoms with E-state index in [9.17, 15) is 9.90 Å². The van der Waals surface area contributed by atoms with Crippen LogP contribution in [-0.4, -0.2) is 28.2 Å². The third-order valence-corrected chi connectivity index (χ3v) is 5.36. The van der Waals surface area contributed by atoms with Gasteiger partial charge < -0.3 is 15.0 Å². The SMILES string of the molecule is CC(C)n1cc2c3c(cccc31)[C@H]1CC(C(=O)O)CN[C@@H]1C2. The summed E-state index contributed by atoms with van der Waals surface area (Å²) in [6.45, 7) is 5.01. The van der Waals surface area contributed by atoms with Crippen molar-refractivity contribution in [3.05, 3.63) is 35.5 Å². The van der Waals surface area contributed by atoms with Crippen LogP contribution in [-0.2, 0) is 11.2 Å². The van der Waals surface area contributed by atoms with Crippen LogP contribution in [0.1, 0.15) is 43.4 Å². The summed E-state index contributed by atoms with van der Waals surface area (Å²) in [4.78, 5) is 11.4. The predicted octanol–water partition coefficient (Wildman–Crippen LogP) is 2.92. The predicted molar refractivity (Wildman–Crippen MR) is 86.3 cm³/mol. The fraction of sp³-hybridized carbons (Fsp3) is 0.500. The standard InChI is InChI=1S/C18H22N2O2/c1-10(2)20-9-12-7-15-14(6-11(8-19-15)18(21)22)13-4-3-5-16(20)17(12)13/h3-5,9-11,14-15,19H,6-8H2,1-2H3,(H,21,22)/t11?,14-,15-/m1/s1. The van der Waals surface area contributed by atoms with Crippen LogP contribution in [0.25, 0.3) is 10.9 Å². The highest BCUT2D eigenvalue weighted by Gasteiger charge is 2.38. The minimum atomic E-state index is -0.677. The van der Waals surface area contributed by atoms with Crippen LogP contribution < -0.4 is 5.32 Å². The van der Waals surface area contributed by atoms with Crippen LogP contribution >= 0.6 is 0 Å². The average molecular weight is 298 g/mol. The first-order chi connectivity index (χ1) is 10.6. The van der Waals surface area contributed by atoms with Gasteiger partial charge in [0.25, 0.3) is 0 Å². The zero-order valence-corrected chi connectivity index (χ0v) is 13.0. The summed E-state index contributed by atoms with van der Waals surface area (Å²) in [5.74, 6) is -0.636. The normalized spacial score (nSPS) is 27.1. The average Bonchev–Trinajstić information content (AvgIpc) is 2.87. The number of nitrogens with zero attached hydrogens (tertiary/aromatic N) is 1. The second-order valence-corrected chi connectivity index (χ2v) is 6.99. The van der Waals surface area contributed by atoms with Gasteiger partial charge >= 0.3 is 5.97 Å². The molecule has 1 saturated heterocycles. The lowest BCUT2D eigenvalue weighted by atomic mass is 9.73. The maximum absolute atomic E-state index is 11.4. The molecule has 1 aliphatic carbocycles. The molecule has 2 N–H and O–H groups in total. The van der Waals surface area contributed by atoms with Crippen LogP contribution in [0.4, 0.5) is 0 Å². The molecule has 0 radical (unpaired) electrons. The molecule has 116 valence electrons. The number of carbonyl (C=O) groups is 1. The van der Waals surface area contributed by atoms with E-state index in [-0.39, 0.29) is 5.92 Å². The Balaban J connectivity index is 1.85. The van der Waals surface area contributed by atoms with Gasteiger partial charge in [-0.2, -0.15) is 0 Å². The molecule has 4 rings (SSSR count). The number of nitrogens with one attached hydrogen (secondary N) is 1. The molecular weight excluding hydrogens is 276 g/mol. The van der Waals surface area contributed by atoms with E-state index in [1.807, 2.05) is 0 Å². The molecule has 3 atom stereocenters. The number of aliphatic carboxylic acids is 1. The molecule has 2 heterocycles. The summed E-state index contributed by atoms with van der Waals surface area (Å²) in [6, 6.07) is 7.31. The Morgan fingerprint density at radius 2 is 2.23 bits per heavy atom. The lowest BCUT2D eigenvalue weighted by Crippen LogP contribution is -2.48. The molecule has 4 nitrogen and oxygen atoms in total. The number of fused-ring (bicyclic) bond motifs is 2. The van der Waals surface area contributed by atoms with Gasteiger partial charge in [0.2, 0.25) is 0 Å². The molecule has 0 bridgehead atoms. The fourth-order valence-corrected chi connectivity index (χ4v) is 4.29. The first-order valence-corrected chi connectivity index (χ1v) is 8.14. The van der Waals surface area contributed by atoms with Crippen molar-refractivity contribution in [1.29, 1.82) is 0 Å². The molecule has 1 unspecified atom stereocenters. The number of hydrogen-bond acceptors (Lipinski definition) is 2. The van der Waals surface area contributed by atoms with Crippen molar-refractivity contribution in [2.45, 2.75) is 44.7 Å². The zero-order valence-electron chi connectivity index (χ0n) is 13.0. The summed E-state index contributed by atoms with van der Waals surface area (Å²) in [6.07, 6.45) is 4.04. The first-order valence-electron chi connectivity index (χ1n) is 8.14. The number of benzene rings is 1. The number of rotatable bonds is 2. The Morgan fingerprint density at radius 1 is 1.41 bits per heavy atom. The van der Waals surface area contributed by atoms with Crippen LogP contribution in [0.5, 0.6) is 0 Å². The minimum absolute atomic E-state index is 0.273. The molecule has 4 heteroatoms. The molecule has 1 aromatic carbocycles. The van der Waals surface area contributed by atoms with Gasteiger partial charge in [0.15, 0.2) is 0 Å². The molecule has 0 amide bonds. The number of carboxylic acids is 1. The Bertz CT molecular complexity index is 747. The van der Waals surface area contributed by atoms with E-state index in [1.165, 1.54) is 22.0 Å². The lowest BCUT2D eigenvalue weighted by Gasteiger charge is -2.39. The van der Waals surface area contributed by atoms with Crippen molar-refractivity contribution in [2.75, 3.05) is 6.54 Å². The van der Waals surface area contributed by atoms with Crippen molar-refractivity contribution >= 4 is 16.9 Å². The second-order valence-electron chi connectivity index (χ2n) is 6.99. The van der Waals surface area contributed by atoms with E-state index >= 15 is 0 Å². The number of piperidine rings is 1.